The van der Waals surface area contributed by atoms with Gasteiger partial charge >= 0.3 is 7.69 Å². The summed E-state index contributed by atoms with van der Waals surface area (Å²) >= 11 is 0. The molecule has 0 saturated heterocycles. The number of aliphatic hydroxyl groups is 2. The van der Waals surface area contributed by atoms with Gasteiger partial charge in [-0.25, -0.2) is 0 Å². The normalized spacial score (nSPS) is 15.7. The van der Waals surface area contributed by atoms with Crippen molar-refractivity contribution in [2.75, 3.05) is 0 Å². The molecule has 0 aromatic heterocycles. The first-order valence-corrected chi connectivity index (χ1v) is 3.67. The molecule has 0 spiro atoms. The van der Waals surface area contributed by atoms with Crippen molar-refractivity contribution in [3.05, 3.63) is 0 Å². The van der Waals surface area contributed by atoms with Crippen molar-refractivity contribution in [2.24, 2.45) is 0 Å². The molecule has 4 N–H and O–H groups in total. The Kier molecular flexibility index (Phi) is 6.80. The zero-order valence-electron chi connectivity index (χ0n) is 8.10. The van der Waals surface area contributed by atoms with Crippen LogP contribution in [0.1, 0.15) is 20.8 Å². The highest BCUT2D eigenvalue weighted by Gasteiger charge is 2.39. The van der Waals surface area contributed by atoms with Crippen LogP contribution in [-0.2, 0) is 0 Å². The highest BCUT2D eigenvalue weighted by molar-refractivity contribution is 6.36. The van der Waals surface area contributed by atoms with Crippen LogP contribution in [0.25, 0.3) is 0 Å². The summed E-state index contributed by atoms with van der Waals surface area (Å²) in [5.41, 5.74) is -3.67. The van der Waals surface area contributed by atoms with E-state index >= 15 is 0 Å². The maximum atomic E-state index is 9.43. The summed E-state index contributed by atoms with van der Waals surface area (Å²) in [6.45, 7) is 4.32. The molecule has 0 fully saturated rings. The first kappa shape index (κ1) is 15.5. The molecule has 0 aliphatic carbocycles. The van der Waals surface area contributed by atoms with Gasteiger partial charge < -0.3 is 20.3 Å². The fourth-order valence-electron chi connectivity index (χ4n) is 0.408. The standard InChI is InChI=1S/C6H12B2O2.BH2O2/c1-5(2,9)6(3,10)4(7)8;2-1-3/h4,9-10H,1-3H3;2-3H. The van der Waals surface area contributed by atoms with Gasteiger partial charge in [-0.1, -0.05) is 5.72 Å². The second-order valence-corrected chi connectivity index (χ2v) is 3.35. The third-order valence-corrected chi connectivity index (χ3v) is 1.89. The van der Waals surface area contributed by atoms with Crippen molar-refractivity contribution in [2.45, 2.75) is 37.7 Å². The lowest BCUT2D eigenvalue weighted by atomic mass is 9.57. The Morgan fingerprint density at radius 2 is 1.31 bits per heavy atom. The molecule has 13 heavy (non-hydrogen) atoms. The van der Waals surface area contributed by atoms with Crippen molar-refractivity contribution >= 4 is 23.4 Å². The molecule has 0 aliphatic heterocycles. The van der Waals surface area contributed by atoms with Gasteiger partial charge in [-0.2, -0.15) is 0 Å². The van der Waals surface area contributed by atoms with Gasteiger partial charge in [0.1, 0.15) is 0 Å². The minimum absolute atomic E-state index is 0. The lowest BCUT2D eigenvalue weighted by molar-refractivity contribution is -0.112. The van der Waals surface area contributed by atoms with Gasteiger partial charge in [0.15, 0.2) is 0 Å². The van der Waals surface area contributed by atoms with Crippen LogP contribution in [0.4, 0.5) is 0 Å². The van der Waals surface area contributed by atoms with E-state index in [1.807, 2.05) is 0 Å². The van der Waals surface area contributed by atoms with E-state index in [9.17, 15) is 10.2 Å². The summed E-state index contributed by atoms with van der Waals surface area (Å²) in [6.07, 6.45) is 0. The van der Waals surface area contributed by atoms with Crippen LogP contribution < -0.4 is 0 Å². The molecule has 7 heteroatoms. The minimum Gasteiger partial charge on any atom is -0.429 e. The molecule has 0 aromatic rings. The minimum atomic E-state index is -1.45. The van der Waals surface area contributed by atoms with Gasteiger partial charge in [-0.15, -0.1) is 0 Å². The summed E-state index contributed by atoms with van der Waals surface area (Å²) in [5, 5.41) is 32.7. The fourth-order valence-corrected chi connectivity index (χ4v) is 0.408. The Balaban J connectivity index is 0. The first-order chi connectivity index (χ1) is 5.61. The molecular weight excluding hydrogens is 168 g/mol. The first-order valence-electron chi connectivity index (χ1n) is 3.67. The molecule has 0 saturated carbocycles. The van der Waals surface area contributed by atoms with Gasteiger partial charge in [0, 0.05) is 0 Å². The van der Waals surface area contributed by atoms with E-state index < -0.39 is 16.9 Å². The lowest BCUT2D eigenvalue weighted by Gasteiger charge is -2.39. The van der Waals surface area contributed by atoms with Gasteiger partial charge in [0.05, 0.1) is 26.9 Å². The molecule has 4 nitrogen and oxygen atoms in total. The monoisotopic (exact) mass is 183 g/mol. The highest BCUT2D eigenvalue weighted by Crippen LogP contribution is 2.28. The SMILES string of the molecule is O[B]O.[B]C([B])C(C)(O)C(C)(C)O. The van der Waals surface area contributed by atoms with Crippen LogP contribution in [0.15, 0.2) is 0 Å². The zero-order chi connectivity index (χ0) is 11.3. The predicted molar refractivity (Wildman–Crippen MR) is 52.4 cm³/mol. The van der Waals surface area contributed by atoms with Crippen molar-refractivity contribution in [3.63, 3.8) is 0 Å². The van der Waals surface area contributed by atoms with E-state index in [2.05, 4.69) is 0 Å². The smallest absolute Gasteiger partial charge is 0.429 e. The average molecular weight is 183 g/mol. The Morgan fingerprint density at radius 1 is 1.08 bits per heavy atom. The molecule has 0 bridgehead atoms. The Morgan fingerprint density at radius 3 is 1.31 bits per heavy atom. The van der Waals surface area contributed by atoms with Crippen LogP contribution in [0.2, 0.25) is 5.72 Å². The second kappa shape index (κ2) is 5.70. The van der Waals surface area contributed by atoms with Crippen LogP contribution in [-0.4, -0.2) is 54.8 Å². The highest BCUT2D eigenvalue weighted by atomic mass is 16.4. The predicted octanol–water partition coefficient (Wildman–Crippen LogP) is -1.90. The van der Waals surface area contributed by atoms with Gasteiger partial charge in [0.25, 0.3) is 0 Å². The summed E-state index contributed by atoms with van der Waals surface area (Å²) in [6, 6.07) is 0. The van der Waals surface area contributed by atoms with E-state index in [1.165, 1.54) is 20.8 Å². The van der Waals surface area contributed by atoms with Crippen LogP contribution in [0.3, 0.4) is 0 Å². The van der Waals surface area contributed by atoms with E-state index in [4.69, 9.17) is 25.7 Å². The third kappa shape index (κ3) is 5.36. The second-order valence-electron chi connectivity index (χ2n) is 3.35. The summed E-state index contributed by atoms with van der Waals surface area (Å²) < 4.78 is 0. The van der Waals surface area contributed by atoms with Gasteiger partial charge in [-0.05, 0) is 20.8 Å². The largest absolute Gasteiger partial charge is 0.482 e. The van der Waals surface area contributed by atoms with E-state index in [1.54, 1.807) is 0 Å². The quantitative estimate of drug-likeness (QED) is 0.376. The summed E-state index contributed by atoms with van der Waals surface area (Å²) in [4.78, 5) is 0. The molecule has 5 radical (unpaired) electrons. The lowest BCUT2D eigenvalue weighted by Crippen LogP contribution is -2.51. The summed E-state index contributed by atoms with van der Waals surface area (Å²) in [5.74, 6) is 0. The van der Waals surface area contributed by atoms with Crippen LogP contribution in [0.5, 0.6) is 0 Å². The Bertz CT molecular complexity index is 132. The Hall–Kier alpha value is 0.0348. The number of rotatable bonds is 2. The van der Waals surface area contributed by atoms with E-state index in [0.29, 0.717) is 0 Å². The molecular formula is C6H14B3O4. The van der Waals surface area contributed by atoms with Gasteiger partial charge in [-0.3, -0.25) is 0 Å². The van der Waals surface area contributed by atoms with Crippen molar-refractivity contribution in [3.8, 4) is 0 Å². The maximum Gasteiger partial charge on any atom is 0.482 e. The van der Waals surface area contributed by atoms with Crippen molar-refractivity contribution in [1.29, 1.82) is 0 Å². The number of hydrogen-bond donors (Lipinski definition) is 4. The molecule has 1 atom stereocenters. The Labute approximate surface area is 82.1 Å². The molecule has 71 valence electrons. The van der Waals surface area contributed by atoms with E-state index in [-0.39, 0.29) is 7.69 Å². The topological polar surface area (TPSA) is 80.9 Å². The molecule has 1 unspecified atom stereocenters. The third-order valence-electron chi connectivity index (χ3n) is 1.89. The molecule has 0 amide bonds. The van der Waals surface area contributed by atoms with E-state index in [0.717, 1.165) is 0 Å². The fraction of sp³-hybridized carbons (Fsp3) is 1.00. The maximum absolute atomic E-state index is 9.43. The van der Waals surface area contributed by atoms with Crippen molar-refractivity contribution < 1.29 is 20.3 Å². The molecule has 0 rings (SSSR count). The average Bonchev–Trinajstić information content (AvgIpc) is 1.86. The van der Waals surface area contributed by atoms with Crippen molar-refractivity contribution in [1.82, 2.24) is 0 Å². The molecule has 0 aliphatic rings. The molecule has 0 aromatic carbocycles. The summed E-state index contributed by atoms with van der Waals surface area (Å²) in [7, 11) is 10.4. The van der Waals surface area contributed by atoms with Gasteiger partial charge in [0.2, 0.25) is 0 Å². The van der Waals surface area contributed by atoms with Crippen LogP contribution in [0, 0.1) is 0 Å². The molecule has 0 heterocycles. The van der Waals surface area contributed by atoms with Crippen LogP contribution >= 0.6 is 0 Å². The number of hydrogen-bond acceptors (Lipinski definition) is 4. The zero-order valence-corrected chi connectivity index (χ0v) is 8.10.